The summed E-state index contributed by atoms with van der Waals surface area (Å²) in [6.07, 6.45) is 5.67. The first-order chi connectivity index (χ1) is 11.6. The van der Waals surface area contributed by atoms with Gasteiger partial charge in [-0.25, -0.2) is 0 Å². The van der Waals surface area contributed by atoms with Crippen molar-refractivity contribution in [3.8, 4) is 0 Å². The molecule has 24 heavy (non-hydrogen) atoms. The predicted octanol–water partition coefficient (Wildman–Crippen LogP) is 2.25. The van der Waals surface area contributed by atoms with E-state index in [-0.39, 0.29) is 11.8 Å². The summed E-state index contributed by atoms with van der Waals surface area (Å²) in [6, 6.07) is 7.76. The third-order valence-corrected chi connectivity index (χ3v) is 4.69. The Hall–Kier alpha value is -1.85. The molecule has 0 radical (unpaired) electrons. The van der Waals surface area contributed by atoms with E-state index in [9.17, 15) is 4.79 Å². The summed E-state index contributed by atoms with van der Waals surface area (Å²) in [4.78, 5) is 14.6. The number of benzene rings is 1. The van der Waals surface area contributed by atoms with E-state index in [4.69, 9.17) is 11.6 Å². The highest BCUT2D eigenvalue weighted by Crippen LogP contribution is 2.18. The van der Waals surface area contributed by atoms with Crippen molar-refractivity contribution in [1.29, 1.82) is 0 Å². The van der Waals surface area contributed by atoms with Crippen molar-refractivity contribution in [2.24, 2.45) is 13.0 Å². The number of hydrogen-bond donors (Lipinski definition) is 1. The lowest BCUT2D eigenvalue weighted by Gasteiger charge is -2.15. The molecule has 6 heteroatoms. The summed E-state index contributed by atoms with van der Waals surface area (Å²) in [5.41, 5.74) is 2.38. The standard InChI is InChI=1S/C18H23ClN4O/c1-22-11-15(10-21-22)12-23-9-7-16(13-23)18(24)20-8-6-14-2-4-17(19)5-3-14/h2-5,10-11,16H,6-9,12-13H2,1H3,(H,20,24). The van der Waals surface area contributed by atoms with Gasteiger partial charge in [0.2, 0.25) is 5.91 Å². The lowest BCUT2D eigenvalue weighted by atomic mass is 10.1. The fraction of sp³-hybridized carbons (Fsp3) is 0.444. The molecule has 1 aromatic heterocycles. The first kappa shape index (κ1) is 17.0. The quantitative estimate of drug-likeness (QED) is 0.872. The summed E-state index contributed by atoms with van der Waals surface area (Å²) < 4.78 is 1.81. The van der Waals surface area contributed by atoms with Gasteiger partial charge in [0.05, 0.1) is 12.1 Å². The molecule has 1 fully saturated rings. The highest BCUT2D eigenvalue weighted by Gasteiger charge is 2.28. The van der Waals surface area contributed by atoms with Crippen molar-refractivity contribution in [1.82, 2.24) is 20.0 Å². The number of amides is 1. The van der Waals surface area contributed by atoms with Gasteiger partial charge < -0.3 is 5.32 Å². The van der Waals surface area contributed by atoms with Crippen molar-refractivity contribution in [2.45, 2.75) is 19.4 Å². The minimum absolute atomic E-state index is 0.0897. The number of halogens is 1. The SMILES string of the molecule is Cn1cc(CN2CCC(C(=O)NCCc3ccc(Cl)cc3)C2)cn1. The Morgan fingerprint density at radius 2 is 2.12 bits per heavy atom. The van der Waals surface area contributed by atoms with Crippen LogP contribution in [0.2, 0.25) is 5.02 Å². The first-order valence-corrected chi connectivity index (χ1v) is 8.70. The molecule has 0 bridgehead atoms. The van der Waals surface area contributed by atoms with Gasteiger partial charge in [0, 0.05) is 43.5 Å². The molecule has 1 saturated heterocycles. The van der Waals surface area contributed by atoms with E-state index in [0.29, 0.717) is 6.54 Å². The van der Waals surface area contributed by atoms with E-state index in [1.54, 1.807) is 0 Å². The second-order valence-corrected chi connectivity index (χ2v) is 6.85. The van der Waals surface area contributed by atoms with E-state index in [1.165, 1.54) is 11.1 Å². The van der Waals surface area contributed by atoms with Crippen LogP contribution in [0, 0.1) is 5.92 Å². The van der Waals surface area contributed by atoms with Gasteiger partial charge >= 0.3 is 0 Å². The molecular weight excluding hydrogens is 324 g/mol. The molecule has 2 aromatic rings. The topological polar surface area (TPSA) is 50.2 Å². The number of aryl methyl sites for hydroxylation is 1. The Morgan fingerprint density at radius 3 is 2.83 bits per heavy atom. The lowest BCUT2D eigenvalue weighted by Crippen LogP contribution is -2.33. The van der Waals surface area contributed by atoms with Crippen LogP contribution in [0.4, 0.5) is 0 Å². The van der Waals surface area contributed by atoms with Crippen LogP contribution >= 0.6 is 11.6 Å². The Kier molecular flexibility index (Phi) is 5.53. The average molecular weight is 347 g/mol. The molecule has 1 aliphatic rings. The van der Waals surface area contributed by atoms with Gasteiger partial charge in [-0.15, -0.1) is 0 Å². The molecule has 1 aliphatic heterocycles. The number of hydrogen-bond acceptors (Lipinski definition) is 3. The zero-order chi connectivity index (χ0) is 16.9. The highest BCUT2D eigenvalue weighted by atomic mass is 35.5. The van der Waals surface area contributed by atoms with Crippen molar-refractivity contribution in [2.75, 3.05) is 19.6 Å². The van der Waals surface area contributed by atoms with Gasteiger partial charge in [0.25, 0.3) is 0 Å². The van der Waals surface area contributed by atoms with Crippen LogP contribution < -0.4 is 5.32 Å². The Balaban J connectivity index is 1.40. The van der Waals surface area contributed by atoms with E-state index < -0.39 is 0 Å². The van der Waals surface area contributed by atoms with Crippen molar-refractivity contribution >= 4 is 17.5 Å². The highest BCUT2D eigenvalue weighted by molar-refractivity contribution is 6.30. The molecule has 1 atom stereocenters. The Labute approximate surface area is 147 Å². The molecule has 3 rings (SSSR count). The van der Waals surface area contributed by atoms with Crippen LogP contribution in [0.25, 0.3) is 0 Å². The average Bonchev–Trinajstić information content (AvgIpc) is 3.19. The summed E-state index contributed by atoms with van der Waals surface area (Å²) in [6.45, 7) is 3.31. The monoisotopic (exact) mass is 346 g/mol. The van der Waals surface area contributed by atoms with Crippen molar-refractivity contribution < 1.29 is 4.79 Å². The van der Waals surface area contributed by atoms with Gasteiger partial charge in [-0.1, -0.05) is 23.7 Å². The zero-order valence-corrected chi connectivity index (χ0v) is 14.7. The molecule has 5 nitrogen and oxygen atoms in total. The zero-order valence-electron chi connectivity index (χ0n) is 13.9. The first-order valence-electron chi connectivity index (χ1n) is 8.32. The van der Waals surface area contributed by atoms with E-state index in [1.807, 2.05) is 48.4 Å². The summed E-state index contributed by atoms with van der Waals surface area (Å²) in [5, 5.41) is 7.99. The third kappa shape index (κ3) is 4.58. The molecule has 0 spiro atoms. The van der Waals surface area contributed by atoms with Crippen LogP contribution in [0.15, 0.2) is 36.7 Å². The summed E-state index contributed by atoms with van der Waals surface area (Å²) in [7, 11) is 1.92. The maximum Gasteiger partial charge on any atom is 0.224 e. The molecule has 0 aliphatic carbocycles. The minimum atomic E-state index is 0.0897. The lowest BCUT2D eigenvalue weighted by molar-refractivity contribution is -0.124. The number of aromatic nitrogens is 2. The largest absolute Gasteiger partial charge is 0.355 e. The van der Waals surface area contributed by atoms with Crippen LogP contribution in [-0.2, 0) is 24.8 Å². The summed E-state index contributed by atoms with van der Waals surface area (Å²) >= 11 is 5.88. The number of nitrogens with one attached hydrogen (secondary N) is 1. The summed E-state index contributed by atoms with van der Waals surface area (Å²) in [5.74, 6) is 0.254. The molecule has 1 amide bonds. The molecular formula is C18H23ClN4O. The van der Waals surface area contributed by atoms with Crippen molar-refractivity contribution in [3.05, 3.63) is 52.8 Å². The van der Waals surface area contributed by atoms with Gasteiger partial charge in [-0.2, -0.15) is 5.10 Å². The second-order valence-electron chi connectivity index (χ2n) is 6.41. The van der Waals surface area contributed by atoms with E-state index in [2.05, 4.69) is 15.3 Å². The maximum atomic E-state index is 12.3. The number of carbonyl (C=O) groups excluding carboxylic acids is 1. The molecule has 1 N–H and O–H groups in total. The normalized spacial score (nSPS) is 18.0. The van der Waals surface area contributed by atoms with Gasteiger partial charge in [-0.05, 0) is 37.1 Å². The molecule has 2 heterocycles. The minimum Gasteiger partial charge on any atom is -0.355 e. The smallest absolute Gasteiger partial charge is 0.224 e. The number of nitrogens with zero attached hydrogens (tertiary/aromatic N) is 3. The van der Waals surface area contributed by atoms with Gasteiger partial charge in [0.1, 0.15) is 0 Å². The number of rotatable bonds is 6. The van der Waals surface area contributed by atoms with Gasteiger partial charge in [-0.3, -0.25) is 14.4 Å². The molecule has 1 aromatic carbocycles. The maximum absolute atomic E-state index is 12.3. The fourth-order valence-corrected chi connectivity index (χ4v) is 3.25. The van der Waals surface area contributed by atoms with E-state index >= 15 is 0 Å². The van der Waals surface area contributed by atoms with Crippen molar-refractivity contribution in [3.63, 3.8) is 0 Å². The van der Waals surface area contributed by atoms with Crippen LogP contribution in [0.5, 0.6) is 0 Å². The van der Waals surface area contributed by atoms with Crippen LogP contribution in [0.1, 0.15) is 17.5 Å². The van der Waals surface area contributed by atoms with E-state index in [0.717, 1.165) is 37.5 Å². The Bertz CT molecular complexity index is 683. The number of likely N-dealkylation sites (tertiary alicyclic amines) is 1. The fourth-order valence-electron chi connectivity index (χ4n) is 3.13. The van der Waals surface area contributed by atoms with Crippen LogP contribution in [0.3, 0.4) is 0 Å². The number of carbonyl (C=O) groups is 1. The van der Waals surface area contributed by atoms with Crippen LogP contribution in [-0.4, -0.2) is 40.2 Å². The molecule has 0 saturated carbocycles. The third-order valence-electron chi connectivity index (χ3n) is 4.43. The predicted molar refractivity (Wildman–Crippen MR) is 94.8 cm³/mol. The molecule has 128 valence electrons. The second kappa shape index (κ2) is 7.81. The Morgan fingerprint density at radius 1 is 1.33 bits per heavy atom. The molecule has 1 unspecified atom stereocenters. The van der Waals surface area contributed by atoms with Gasteiger partial charge in [0.15, 0.2) is 0 Å².